The predicted octanol–water partition coefficient (Wildman–Crippen LogP) is 3.15. The van der Waals surface area contributed by atoms with Crippen molar-refractivity contribution in [2.24, 2.45) is 0 Å². The second-order valence-corrected chi connectivity index (χ2v) is 6.65. The maximum atomic E-state index is 11.8. The lowest BCUT2D eigenvalue weighted by Crippen LogP contribution is -2.25. The molecule has 0 spiro atoms. The van der Waals surface area contributed by atoms with Gasteiger partial charge in [-0.15, -0.1) is 22.7 Å². The van der Waals surface area contributed by atoms with Gasteiger partial charge in [-0.3, -0.25) is 4.79 Å². The molecule has 22 heavy (non-hydrogen) atoms. The molecule has 1 N–H and O–H groups in total. The number of carbonyl (C=O) groups excluding carboxylic acids is 1. The number of thiophene rings is 2. The molecule has 0 atom stereocenters. The van der Waals surface area contributed by atoms with Crippen molar-refractivity contribution < 1.29 is 9.32 Å². The number of carbonyl (C=O) groups is 1. The Morgan fingerprint density at radius 1 is 1.18 bits per heavy atom. The van der Waals surface area contributed by atoms with E-state index in [0.29, 0.717) is 31.1 Å². The van der Waals surface area contributed by atoms with Gasteiger partial charge in [0.1, 0.15) is 0 Å². The first-order valence-corrected chi connectivity index (χ1v) is 8.73. The highest BCUT2D eigenvalue weighted by Gasteiger charge is 2.11. The fraction of sp³-hybridized carbons (Fsp3) is 0.267. The van der Waals surface area contributed by atoms with Crippen LogP contribution >= 0.6 is 22.7 Å². The number of aryl methyl sites for hydroxylation is 1. The molecule has 0 radical (unpaired) electrons. The largest absolute Gasteiger partial charge is 0.356 e. The molecule has 114 valence electrons. The lowest BCUT2D eigenvalue weighted by Gasteiger charge is -2.02. The molecule has 0 aromatic carbocycles. The maximum Gasteiger partial charge on any atom is 0.227 e. The molecular weight excluding hydrogens is 318 g/mol. The molecular formula is C15H15N3O2S2. The lowest BCUT2D eigenvalue weighted by atomic mass is 10.3. The Morgan fingerprint density at radius 3 is 2.82 bits per heavy atom. The summed E-state index contributed by atoms with van der Waals surface area (Å²) < 4.78 is 5.17. The van der Waals surface area contributed by atoms with Crippen molar-refractivity contribution >= 4 is 28.6 Å². The van der Waals surface area contributed by atoms with E-state index in [4.69, 9.17) is 4.52 Å². The molecule has 0 saturated heterocycles. The number of hydrogen-bond donors (Lipinski definition) is 1. The quantitative estimate of drug-likeness (QED) is 0.721. The van der Waals surface area contributed by atoms with E-state index in [1.807, 2.05) is 29.0 Å². The molecule has 0 unspecified atom stereocenters. The van der Waals surface area contributed by atoms with Gasteiger partial charge in [0, 0.05) is 24.3 Å². The van der Waals surface area contributed by atoms with Crippen LogP contribution in [0.1, 0.15) is 17.2 Å². The van der Waals surface area contributed by atoms with Crippen molar-refractivity contribution in [2.75, 3.05) is 6.54 Å². The molecule has 0 bridgehead atoms. The van der Waals surface area contributed by atoms with Crippen LogP contribution in [0.4, 0.5) is 0 Å². The van der Waals surface area contributed by atoms with Crippen LogP contribution in [-0.4, -0.2) is 22.6 Å². The maximum absolute atomic E-state index is 11.8. The highest BCUT2D eigenvalue weighted by molar-refractivity contribution is 7.13. The monoisotopic (exact) mass is 333 g/mol. The van der Waals surface area contributed by atoms with E-state index in [2.05, 4.69) is 21.5 Å². The van der Waals surface area contributed by atoms with Crippen LogP contribution < -0.4 is 5.32 Å². The van der Waals surface area contributed by atoms with Gasteiger partial charge in [-0.1, -0.05) is 17.3 Å². The standard InChI is InChI=1S/C15H15N3O2S2/c19-13(16-8-7-11-3-1-9-21-11)5-6-14-17-15(18-20-14)12-4-2-10-22-12/h1-4,9-10H,5-8H2,(H,16,19). The molecule has 0 aliphatic rings. The molecule has 0 aliphatic heterocycles. The highest BCUT2D eigenvalue weighted by atomic mass is 32.1. The van der Waals surface area contributed by atoms with Crippen molar-refractivity contribution in [3.63, 3.8) is 0 Å². The van der Waals surface area contributed by atoms with Gasteiger partial charge in [0.05, 0.1) is 4.88 Å². The zero-order valence-corrected chi connectivity index (χ0v) is 13.5. The fourth-order valence-corrected chi connectivity index (χ4v) is 3.31. The van der Waals surface area contributed by atoms with Crippen molar-refractivity contribution in [3.05, 3.63) is 45.8 Å². The Labute approximate surface area is 136 Å². The van der Waals surface area contributed by atoms with E-state index in [1.165, 1.54) is 4.88 Å². The van der Waals surface area contributed by atoms with Crippen LogP contribution in [0.3, 0.4) is 0 Å². The van der Waals surface area contributed by atoms with E-state index < -0.39 is 0 Å². The van der Waals surface area contributed by atoms with Crippen LogP contribution in [0.15, 0.2) is 39.5 Å². The molecule has 0 aliphatic carbocycles. The minimum Gasteiger partial charge on any atom is -0.356 e. The van der Waals surface area contributed by atoms with E-state index in [0.717, 1.165) is 11.3 Å². The predicted molar refractivity (Wildman–Crippen MR) is 87.0 cm³/mol. The van der Waals surface area contributed by atoms with Crippen LogP contribution in [0.25, 0.3) is 10.7 Å². The molecule has 0 fully saturated rings. The van der Waals surface area contributed by atoms with Gasteiger partial charge >= 0.3 is 0 Å². The normalized spacial score (nSPS) is 10.7. The molecule has 3 aromatic rings. The van der Waals surface area contributed by atoms with Crippen LogP contribution in [-0.2, 0) is 17.6 Å². The molecule has 3 heterocycles. The van der Waals surface area contributed by atoms with Gasteiger partial charge in [-0.05, 0) is 29.3 Å². The Hall–Kier alpha value is -1.99. The number of nitrogens with one attached hydrogen (secondary N) is 1. The topological polar surface area (TPSA) is 68.0 Å². The number of nitrogens with zero attached hydrogens (tertiary/aromatic N) is 2. The SMILES string of the molecule is O=C(CCc1nc(-c2cccs2)no1)NCCc1cccs1. The fourth-order valence-electron chi connectivity index (χ4n) is 1.95. The zero-order valence-electron chi connectivity index (χ0n) is 11.8. The Kier molecular flexibility index (Phi) is 4.97. The van der Waals surface area contributed by atoms with E-state index in [1.54, 1.807) is 22.7 Å². The summed E-state index contributed by atoms with van der Waals surface area (Å²) >= 11 is 3.26. The highest BCUT2D eigenvalue weighted by Crippen LogP contribution is 2.21. The molecule has 7 heteroatoms. The average molecular weight is 333 g/mol. The second kappa shape index (κ2) is 7.33. The minimum atomic E-state index is 0.00688. The summed E-state index contributed by atoms with van der Waals surface area (Å²) in [6.07, 6.45) is 1.69. The summed E-state index contributed by atoms with van der Waals surface area (Å²) in [7, 11) is 0. The summed E-state index contributed by atoms with van der Waals surface area (Å²) in [5.41, 5.74) is 0. The summed E-state index contributed by atoms with van der Waals surface area (Å²) in [6.45, 7) is 0.656. The third-order valence-corrected chi connectivity index (χ3v) is 4.85. The summed E-state index contributed by atoms with van der Waals surface area (Å²) in [6, 6.07) is 7.97. The molecule has 3 rings (SSSR count). The molecule has 3 aromatic heterocycles. The zero-order chi connectivity index (χ0) is 15.2. The Bertz CT molecular complexity index is 705. The number of aromatic nitrogens is 2. The van der Waals surface area contributed by atoms with Gasteiger partial charge in [-0.2, -0.15) is 4.98 Å². The lowest BCUT2D eigenvalue weighted by molar-refractivity contribution is -0.121. The molecule has 0 saturated carbocycles. The van der Waals surface area contributed by atoms with Crippen LogP contribution in [0, 0.1) is 0 Å². The minimum absolute atomic E-state index is 0.00688. The van der Waals surface area contributed by atoms with Gasteiger partial charge in [0.15, 0.2) is 0 Å². The van der Waals surface area contributed by atoms with Gasteiger partial charge < -0.3 is 9.84 Å². The number of rotatable bonds is 7. The number of hydrogen-bond acceptors (Lipinski definition) is 6. The first kappa shape index (κ1) is 14.9. The van der Waals surface area contributed by atoms with E-state index in [9.17, 15) is 4.79 Å². The average Bonchev–Trinajstić information content (AvgIpc) is 3.26. The summed E-state index contributed by atoms with van der Waals surface area (Å²) in [4.78, 5) is 18.3. The first-order chi connectivity index (χ1) is 10.8. The van der Waals surface area contributed by atoms with E-state index >= 15 is 0 Å². The van der Waals surface area contributed by atoms with E-state index in [-0.39, 0.29) is 5.91 Å². The second-order valence-electron chi connectivity index (χ2n) is 4.67. The van der Waals surface area contributed by atoms with Gasteiger partial charge in [-0.25, -0.2) is 0 Å². The van der Waals surface area contributed by atoms with Crippen LogP contribution in [0.5, 0.6) is 0 Å². The van der Waals surface area contributed by atoms with Crippen molar-refractivity contribution in [1.29, 1.82) is 0 Å². The van der Waals surface area contributed by atoms with Gasteiger partial charge in [0.25, 0.3) is 0 Å². The summed E-state index contributed by atoms with van der Waals surface area (Å²) in [5, 5.41) is 10.8. The van der Waals surface area contributed by atoms with Crippen molar-refractivity contribution in [3.8, 4) is 10.7 Å². The van der Waals surface area contributed by atoms with Crippen molar-refractivity contribution in [2.45, 2.75) is 19.3 Å². The first-order valence-electron chi connectivity index (χ1n) is 6.97. The van der Waals surface area contributed by atoms with Crippen molar-refractivity contribution in [1.82, 2.24) is 15.5 Å². The smallest absolute Gasteiger partial charge is 0.227 e. The molecule has 1 amide bonds. The number of amides is 1. The Morgan fingerprint density at radius 2 is 2.05 bits per heavy atom. The third kappa shape index (κ3) is 4.02. The van der Waals surface area contributed by atoms with Crippen LogP contribution in [0.2, 0.25) is 0 Å². The summed E-state index contributed by atoms with van der Waals surface area (Å²) in [5.74, 6) is 1.09. The third-order valence-electron chi connectivity index (χ3n) is 3.05. The molecule has 5 nitrogen and oxygen atoms in total. The van der Waals surface area contributed by atoms with Gasteiger partial charge in [0.2, 0.25) is 17.6 Å². The Balaban J connectivity index is 1.41.